The normalized spacial score (nSPS) is 10.8. The summed E-state index contributed by atoms with van der Waals surface area (Å²) < 4.78 is 0. The monoisotopic (exact) mass is 268 g/mol. The molecule has 0 atom stereocenters. The van der Waals surface area contributed by atoms with Crippen molar-refractivity contribution in [3.8, 4) is 0 Å². The van der Waals surface area contributed by atoms with E-state index in [1.807, 2.05) is 12.1 Å². The van der Waals surface area contributed by atoms with Crippen molar-refractivity contribution >= 4 is 5.69 Å². The second kappa shape index (κ2) is 6.58. The molecule has 20 heavy (non-hydrogen) atoms. The maximum atomic E-state index is 5.68. The average Bonchev–Trinajstić information content (AvgIpc) is 2.45. The molecule has 0 aliphatic heterocycles. The van der Waals surface area contributed by atoms with Gasteiger partial charge < -0.3 is 11.1 Å². The molecule has 0 heterocycles. The fourth-order valence-electron chi connectivity index (χ4n) is 2.37. The molecule has 0 aliphatic carbocycles. The van der Waals surface area contributed by atoms with Crippen LogP contribution >= 0.6 is 0 Å². The van der Waals surface area contributed by atoms with E-state index in [1.54, 1.807) is 0 Å². The highest BCUT2D eigenvalue weighted by atomic mass is 14.8. The third kappa shape index (κ3) is 3.61. The summed E-state index contributed by atoms with van der Waals surface area (Å²) in [5.74, 6) is 0. The van der Waals surface area contributed by atoms with Crippen LogP contribution in [0.2, 0.25) is 0 Å². The summed E-state index contributed by atoms with van der Waals surface area (Å²) in [4.78, 5) is 0. The van der Waals surface area contributed by atoms with Crippen LogP contribution in [0.3, 0.4) is 0 Å². The van der Waals surface area contributed by atoms with Gasteiger partial charge in [0.1, 0.15) is 0 Å². The van der Waals surface area contributed by atoms with E-state index >= 15 is 0 Å². The van der Waals surface area contributed by atoms with E-state index in [4.69, 9.17) is 5.73 Å². The van der Waals surface area contributed by atoms with Gasteiger partial charge in [0, 0.05) is 12.2 Å². The first-order valence-corrected chi connectivity index (χ1v) is 7.18. The Balaban J connectivity index is 1.84. The van der Waals surface area contributed by atoms with Gasteiger partial charge in [0.15, 0.2) is 0 Å². The highest BCUT2D eigenvalue weighted by molar-refractivity contribution is 5.40. The second-order valence-corrected chi connectivity index (χ2v) is 5.46. The predicted molar refractivity (Wildman–Crippen MR) is 86.9 cm³/mol. The first kappa shape index (κ1) is 14.6. The Morgan fingerprint density at radius 2 is 1.60 bits per heavy atom. The topological polar surface area (TPSA) is 38.0 Å². The van der Waals surface area contributed by atoms with Gasteiger partial charge in [-0.25, -0.2) is 0 Å². The quantitative estimate of drug-likeness (QED) is 0.643. The van der Waals surface area contributed by atoms with Crippen molar-refractivity contribution in [2.24, 2.45) is 0 Å². The van der Waals surface area contributed by atoms with Crippen molar-refractivity contribution in [1.29, 1.82) is 0 Å². The molecule has 2 aromatic rings. The molecule has 2 aromatic carbocycles. The summed E-state index contributed by atoms with van der Waals surface area (Å²) in [5.41, 5.74) is 13.4. The van der Waals surface area contributed by atoms with Crippen LogP contribution in [0, 0.1) is 20.8 Å². The molecule has 0 bridgehead atoms. The summed E-state index contributed by atoms with van der Waals surface area (Å²) in [6.45, 7) is 8.48. The van der Waals surface area contributed by atoms with Gasteiger partial charge in [0.05, 0.1) is 0 Å². The van der Waals surface area contributed by atoms with Crippen molar-refractivity contribution in [3.63, 3.8) is 0 Å². The minimum Gasteiger partial charge on any atom is -0.399 e. The summed E-state index contributed by atoms with van der Waals surface area (Å²) in [5, 5.41) is 3.49. The van der Waals surface area contributed by atoms with Gasteiger partial charge >= 0.3 is 0 Å². The van der Waals surface area contributed by atoms with Gasteiger partial charge in [0.2, 0.25) is 0 Å². The zero-order valence-corrected chi connectivity index (χ0v) is 12.7. The van der Waals surface area contributed by atoms with E-state index < -0.39 is 0 Å². The molecule has 3 N–H and O–H groups in total. The van der Waals surface area contributed by atoms with E-state index in [-0.39, 0.29) is 0 Å². The lowest BCUT2D eigenvalue weighted by Crippen LogP contribution is -2.17. The molecule has 2 heteroatoms. The Kier molecular flexibility index (Phi) is 4.80. The van der Waals surface area contributed by atoms with Gasteiger partial charge in [-0.3, -0.25) is 0 Å². The van der Waals surface area contributed by atoms with Crippen LogP contribution in [0.15, 0.2) is 36.4 Å². The number of nitrogen functional groups attached to an aromatic ring is 1. The fraction of sp³-hybridized carbons (Fsp3) is 0.333. The van der Waals surface area contributed by atoms with Crippen LogP contribution in [-0.2, 0) is 13.0 Å². The summed E-state index contributed by atoms with van der Waals surface area (Å²) in [6, 6.07) is 12.5. The maximum Gasteiger partial charge on any atom is 0.0314 e. The maximum absolute atomic E-state index is 5.68. The third-order valence-corrected chi connectivity index (χ3v) is 4.05. The van der Waals surface area contributed by atoms with Crippen molar-refractivity contribution in [3.05, 3.63) is 64.2 Å². The Morgan fingerprint density at radius 3 is 2.30 bits per heavy atom. The molecule has 0 saturated carbocycles. The average molecular weight is 268 g/mol. The lowest BCUT2D eigenvalue weighted by atomic mass is 9.97. The molecular weight excluding hydrogens is 244 g/mol. The van der Waals surface area contributed by atoms with Crippen molar-refractivity contribution in [1.82, 2.24) is 5.32 Å². The van der Waals surface area contributed by atoms with Gasteiger partial charge in [-0.1, -0.05) is 24.3 Å². The third-order valence-electron chi connectivity index (χ3n) is 4.05. The smallest absolute Gasteiger partial charge is 0.0314 e. The van der Waals surface area contributed by atoms with Crippen LogP contribution in [-0.4, -0.2) is 6.54 Å². The van der Waals surface area contributed by atoms with E-state index in [1.165, 1.54) is 27.8 Å². The van der Waals surface area contributed by atoms with Gasteiger partial charge in [-0.15, -0.1) is 0 Å². The molecule has 0 amide bonds. The van der Waals surface area contributed by atoms with Gasteiger partial charge in [0.25, 0.3) is 0 Å². The van der Waals surface area contributed by atoms with Crippen LogP contribution in [0.5, 0.6) is 0 Å². The van der Waals surface area contributed by atoms with Crippen LogP contribution in [0.25, 0.3) is 0 Å². The molecule has 0 fully saturated rings. The van der Waals surface area contributed by atoms with Crippen molar-refractivity contribution in [2.75, 3.05) is 12.3 Å². The molecular formula is C18H24N2. The Bertz CT molecular complexity index is 571. The number of anilines is 1. The fourth-order valence-corrected chi connectivity index (χ4v) is 2.37. The molecule has 0 spiro atoms. The predicted octanol–water partition coefficient (Wildman–Crippen LogP) is 3.53. The molecule has 2 rings (SSSR count). The Hall–Kier alpha value is -1.80. The van der Waals surface area contributed by atoms with E-state index in [2.05, 4.69) is 50.4 Å². The van der Waals surface area contributed by atoms with Gasteiger partial charge in [-0.2, -0.15) is 0 Å². The number of nitrogens with one attached hydrogen (secondary N) is 1. The zero-order chi connectivity index (χ0) is 14.5. The standard InChI is InChI=1S/C18H24N2/c1-13-4-7-17(15(3)14(13)2)10-11-20-12-16-5-8-18(19)9-6-16/h4-9,20H,10-12,19H2,1-3H3. The number of hydrogen-bond donors (Lipinski definition) is 2. The Labute approximate surface area is 122 Å². The highest BCUT2D eigenvalue weighted by Crippen LogP contribution is 2.17. The van der Waals surface area contributed by atoms with Crippen molar-refractivity contribution in [2.45, 2.75) is 33.7 Å². The summed E-state index contributed by atoms with van der Waals surface area (Å²) in [7, 11) is 0. The number of aryl methyl sites for hydroxylation is 1. The van der Waals surface area contributed by atoms with Crippen LogP contribution in [0.4, 0.5) is 5.69 Å². The molecule has 0 unspecified atom stereocenters. The van der Waals surface area contributed by atoms with E-state index in [9.17, 15) is 0 Å². The first-order chi connectivity index (χ1) is 9.58. The lowest BCUT2D eigenvalue weighted by molar-refractivity contribution is 0.685. The molecule has 106 valence electrons. The number of benzene rings is 2. The summed E-state index contributed by atoms with van der Waals surface area (Å²) >= 11 is 0. The number of nitrogens with two attached hydrogens (primary N) is 1. The summed E-state index contributed by atoms with van der Waals surface area (Å²) in [6.07, 6.45) is 1.07. The molecule has 0 radical (unpaired) electrons. The molecule has 0 saturated heterocycles. The van der Waals surface area contributed by atoms with Crippen LogP contribution < -0.4 is 11.1 Å². The minimum absolute atomic E-state index is 0.819. The SMILES string of the molecule is Cc1ccc(CCNCc2ccc(N)cc2)c(C)c1C. The lowest BCUT2D eigenvalue weighted by Gasteiger charge is -2.12. The van der Waals surface area contributed by atoms with E-state index in [0.717, 1.165) is 25.2 Å². The largest absolute Gasteiger partial charge is 0.399 e. The molecule has 0 aliphatic rings. The van der Waals surface area contributed by atoms with E-state index in [0.29, 0.717) is 0 Å². The first-order valence-electron chi connectivity index (χ1n) is 7.18. The minimum atomic E-state index is 0.819. The van der Waals surface area contributed by atoms with Gasteiger partial charge in [-0.05, 0) is 73.7 Å². The number of hydrogen-bond acceptors (Lipinski definition) is 2. The zero-order valence-electron chi connectivity index (χ0n) is 12.7. The van der Waals surface area contributed by atoms with Crippen LogP contribution in [0.1, 0.15) is 27.8 Å². The molecule has 0 aromatic heterocycles. The molecule has 2 nitrogen and oxygen atoms in total. The highest BCUT2D eigenvalue weighted by Gasteiger charge is 2.03. The Morgan fingerprint density at radius 1 is 0.900 bits per heavy atom. The second-order valence-electron chi connectivity index (χ2n) is 5.46. The number of rotatable bonds is 5. The van der Waals surface area contributed by atoms with Crippen molar-refractivity contribution < 1.29 is 0 Å².